The Labute approximate surface area is 146 Å². The lowest BCUT2D eigenvalue weighted by atomic mass is 9.95. The number of benzene rings is 3. The van der Waals surface area contributed by atoms with E-state index in [4.69, 9.17) is 4.42 Å². The predicted molar refractivity (Wildman–Crippen MR) is 105 cm³/mol. The molecule has 1 aliphatic carbocycles. The Morgan fingerprint density at radius 1 is 0.600 bits per heavy atom. The first-order chi connectivity index (χ1) is 12.2. The van der Waals surface area contributed by atoms with E-state index in [9.17, 15) is 0 Å². The summed E-state index contributed by atoms with van der Waals surface area (Å²) in [5, 5.41) is 3.73. The molecule has 3 aromatic rings. The van der Waals surface area contributed by atoms with Crippen LogP contribution in [-0.4, -0.2) is 0 Å². The number of hydrogen-bond donors (Lipinski definition) is 0. The van der Waals surface area contributed by atoms with Crippen LogP contribution in [-0.2, 0) is 0 Å². The van der Waals surface area contributed by atoms with Crippen LogP contribution in [0.3, 0.4) is 0 Å². The van der Waals surface area contributed by atoms with Gasteiger partial charge in [-0.15, -0.1) is 0 Å². The molecule has 25 heavy (non-hydrogen) atoms. The number of hydrogen-bond acceptors (Lipinski definition) is 1. The lowest BCUT2D eigenvalue weighted by Crippen LogP contribution is -1.88. The maximum absolute atomic E-state index is 6.21. The average molecular weight is 322 g/mol. The molecule has 3 aromatic carbocycles. The second-order valence-electron chi connectivity index (χ2n) is 6.69. The van der Waals surface area contributed by atoms with Crippen molar-refractivity contribution in [3.05, 3.63) is 84.1 Å². The first-order valence-corrected chi connectivity index (χ1v) is 8.63. The van der Waals surface area contributed by atoms with Gasteiger partial charge in [0.2, 0.25) is 0 Å². The molecule has 0 N–H and O–H groups in total. The van der Waals surface area contributed by atoms with Crippen molar-refractivity contribution < 1.29 is 4.42 Å². The van der Waals surface area contributed by atoms with Crippen molar-refractivity contribution in [2.24, 2.45) is 0 Å². The molecule has 0 atom stereocenters. The Bertz CT molecular complexity index is 1200. The van der Waals surface area contributed by atoms with Crippen LogP contribution in [0.4, 0.5) is 0 Å². The van der Waals surface area contributed by atoms with Gasteiger partial charge in [0, 0.05) is 16.5 Å². The van der Waals surface area contributed by atoms with Crippen molar-refractivity contribution in [3.63, 3.8) is 0 Å². The summed E-state index contributed by atoms with van der Waals surface area (Å²) in [5.41, 5.74) is 7.25. The molecule has 1 heterocycles. The van der Waals surface area contributed by atoms with E-state index in [1.54, 1.807) is 0 Å². The zero-order valence-electron chi connectivity index (χ0n) is 14.3. The van der Waals surface area contributed by atoms with Crippen molar-refractivity contribution in [2.75, 3.05) is 0 Å². The molecule has 5 rings (SSSR count). The molecule has 0 fully saturated rings. The number of fused-ring (bicyclic) bond motifs is 5. The molecular weight excluding hydrogens is 304 g/mol. The highest BCUT2D eigenvalue weighted by atomic mass is 16.3. The minimum atomic E-state index is 0.956. The van der Waals surface area contributed by atoms with Crippen molar-refractivity contribution >= 4 is 21.7 Å². The van der Waals surface area contributed by atoms with Gasteiger partial charge in [0.15, 0.2) is 0 Å². The van der Waals surface area contributed by atoms with Crippen LogP contribution in [0.25, 0.3) is 44.0 Å². The third kappa shape index (κ3) is 2.02. The van der Waals surface area contributed by atoms with Crippen LogP contribution in [0.5, 0.6) is 0 Å². The molecule has 0 amide bonds. The van der Waals surface area contributed by atoms with Crippen molar-refractivity contribution in [1.82, 2.24) is 0 Å². The Hall–Kier alpha value is -3.06. The molecule has 0 radical (unpaired) electrons. The normalized spacial score (nSPS) is 11.6. The third-order valence-corrected chi connectivity index (χ3v) is 5.05. The van der Waals surface area contributed by atoms with Gasteiger partial charge in [-0.1, -0.05) is 66.7 Å². The largest absolute Gasteiger partial charge is 0.461 e. The minimum absolute atomic E-state index is 0.956. The highest BCUT2D eigenvalue weighted by molar-refractivity contribution is 6.21. The molecule has 0 aromatic heterocycles. The quantitative estimate of drug-likeness (QED) is 0.324. The summed E-state index contributed by atoms with van der Waals surface area (Å²) in [6.07, 6.45) is 0. The van der Waals surface area contributed by atoms with Gasteiger partial charge in [0.1, 0.15) is 11.3 Å². The zero-order valence-corrected chi connectivity index (χ0v) is 14.3. The Morgan fingerprint density at radius 3 is 2.04 bits per heavy atom. The first kappa shape index (κ1) is 14.3. The second-order valence-corrected chi connectivity index (χ2v) is 6.69. The smallest absolute Gasteiger partial charge is 0.135 e. The van der Waals surface area contributed by atoms with Crippen LogP contribution in [0.15, 0.2) is 77.2 Å². The topological polar surface area (TPSA) is 13.1 Å². The maximum atomic E-state index is 6.21. The lowest BCUT2D eigenvalue weighted by Gasteiger charge is -2.12. The van der Waals surface area contributed by atoms with Crippen LogP contribution in [0, 0.1) is 13.8 Å². The second kappa shape index (κ2) is 5.22. The van der Waals surface area contributed by atoms with E-state index < -0.39 is 0 Å². The average Bonchev–Trinajstić information content (AvgIpc) is 2.98. The third-order valence-electron chi connectivity index (χ3n) is 5.05. The fourth-order valence-electron chi connectivity index (χ4n) is 3.99. The molecule has 0 saturated heterocycles. The zero-order chi connectivity index (χ0) is 17.0. The highest BCUT2D eigenvalue weighted by Gasteiger charge is 2.24. The van der Waals surface area contributed by atoms with E-state index in [0.717, 1.165) is 11.3 Å². The molecule has 0 spiro atoms. The Kier molecular flexibility index (Phi) is 2.98. The van der Waals surface area contributed by atoms with Gasteiger partial charge in [0.25, 0.3) is 0 Å². The van der Waals surface area contributed by atoms with Crippen LogP contribution >= 0.6 is 0 Å². The fraction of sp³-hybridized carbons (Fsp3) is 0.0833. The number of rotatable bonds is 1. The molecule has 0 unspecified atom stereocenters. The van der Waals surface area contributed by atoms with Gasteiger partial charge >= 0.3 is 0 Å². The molecule has 1 heteroatoms. The van der Waals surface area contributed by atoms with Gasteiger partial charge in [-0.25, -0.2) is 0 Å². The van der Waals surface area contributed by atoms with Crippen LogP contribution < -0.4 is 0 Å². The summed E-state index contributed by atoms with van der Waals surface area (Å²) in [5.74, 6) is 0.978. The summed E-state index contributed by atoms with van der Waals surface area (Å²) in [7, 11) is 0. The van der Waals surface area contributed by atoms with Crippen molar-refractivity contribution in [1.29, 1.82) is 0 Å². The summed E-state index contributed by atoms with van der Waals surface area (Å²) >= 11 is 0. The monoisotopic (exact) mass is 322 g/mol. The van der Waals surface area contributed by atoms with Crippen molar-refractivity contribution in [3.8, 4) is 22.3 Å². The van der Waals surface area contributed by atoms with Gasteiger partial charge in [-0.05, 0) is 47.4 Å². The molecule has 120 valence electrons. The summed E-state index contributed by atoms with van der Waals surface area (Å²) in [6.45, 7) is 4.18. The van der Waals surface area contributed by atoms with Crippen LogP contribution in [0.2, 0.25) is 0 Å². The van der Waals surface area contributed by atoms with E-state index in [1.807, 2.05) is 0 Å². The summed E-state index contributed by atoms with van der Waals surface area (Å²) in [4.78, 5) is 0. The first-order valence-electron chi connectivity index (χ1n) is 8.63. The van der Waals surface area contributed by atoms with Crippen molar-refractivity contribution in [2.45, 2.75) is 13.8 Å². The van der Waals surface area contributed by atoms with Gasteiger partial charge < -0.3 is 4.42 Å². The molecule has 0 bridgehead atoms. The highest BCUT2D eigenvalue weighted by Crippen LogP contribution is 2.49. The molecule has 2 aliphatic rings. The fourth-order valence-corrected chi connectivity index (χ4v) is 3.99. The van der Waals surface area contributed by atoms with E-state index in [-0.39, 0.29) is 0 Å². The van der Waals surface area contributed by atoms with E-state index >= 15 is 0 Å². The molecule has 1 nitrogen and oxygen atoms in total. The van der Waals surface area contributed by atoms with E-state index in [0.29, 0.717) is 0 Å². The molecular formula is C24H18O. The SMILES string of the molecule is Cc1ccc2c3c(-c4ccccc4)c4ccccc4c-3c(C)oc2c1. The van der Waals surface area contributed by atoms with Gasteiger partial charge in [0.05, 0.1) is 0 Å². The van der Waals surface area contributed by atoms with E-state index in [2.05, 4.69) is 86.6 Å². The summed E-state index contributed by atoms with van der Waals surface area (Å²) < 4.78 is 6.21. The van der Waals surface area contributed by atoms with E-state index in [1.165, 1.54) is 44.0 Å². The Balaban J connectivity index is 2.07. The standard InChI is InChI=1S/C24H18O/c1-15-12-13-20-21(14-15)25-16(2)22-18-10-6-7-11-19(18)23(24(20)22)17-8-4-3-5-9-17/h3-14H,1-2H3. The predicted octanol–water partition coefficient (Wildman–Crippen LogP) is 6.97. The molecule has 0 saturated carbocycles. The summed E-state index contributed by atoms with van der Waals surface area (Å²) in [6, 6.07) is 25.8. The Morgan fingerprint density at radius 2 is 1.28 bits per heavy atom. The van der Waals surface area contributed by atoms with Gasteiger partial charge in [-0.2, -0.15) is 0 Å². The number of aryl methyl sites for hydroxylation is 2. The van der Waals surface area contributed by atoms with Gasteiger partial charge in [-0.3, -0.25) is 0 Å². The van der Waals surface area contributed by atoms with Crippen LogP contribution in [0.1, 0.15) is 11.3 Å². The minimum Gasteiger partial charge on any atom is -0.461 e. The maximum Gasteiger partial charge on any atom is 0.135 e. The lowest BCUT2D eigenvalue weighted by molar-refractivity contribution is 0.569. The molecule has 1 aliphatic heterocycles.